The molecule has 0 aromatic carbocycles. The molecule has 0 aliphatic carbocycles. The van der Waals surface area contributed by atoms with E-state index in [-0.39, 0.29) is 0 Å². The van der Waals surface area contributed by atoms with Gasteiger partial charge in [-0.3, -0.25) is 0 Å². The van der Waals surface area contributed by atoms with Crippen LogP contribution >= 0.6 is 11.3 Å². The molecule has 0 spiro atoms. The number of hydrogen-bond acceptors (Lipinski definition) is 4. The number of aromatic nitrogens is 2. The third kappa shape index (κ3) is 3.65. The fourth-order valence-electron chi connectivity index (χ4n) is 2.13. The first-order valence-corrected chi connectivity index (χ1v) is 7.51. The monoisotopic (exact) mass is 278 g/mol. The molecule has 1 unspecified atom stereocenters. The number of hydrogen-bond donors (Lipinski definition) is 1. The fourth-order valence-corrected chi connectivity index (χ4v) is 3.06. The van der Waals surface area contributed by atoms with Gasteiger partial charge in [0.2, 0.25) is 0 Å². The highest BCUT2D eigenvalue weighted by atomic mass is 32.1. The van der Waals surface area contributed by atoms with Crippen molar-refractivity contribution < 1.29 is 0 Å². The Labute approximate surface area is 119 Å². The van der Waals surface area contributed by atoms with Gasteiger partial charge in [-0.2, -0.15) is 0 Å². The number of imidazole rings is 1. The molecule has 0 aliphatic heterocycles. The molecule has 0 fully saturated rings. The van der Waals surface area contributed by atoms with E-state index in [9.17, 15) is 0 Å². The van der Waals surface area contributed by atoms with E-state index in [0.29, 0.717) is 6.04 Å². The molecule has 4 nitrogen and oxygen atoms in total. The van der Waals surface area contributed by atoms with Crippen molar-refractivity contribution in [2.75, 3.05) is 20.6 Å². The van der Waals surface area contributed by atoms with Crippen LogP contribution in [0.1, 0.15) is 23.7 Å². The molecule has 2 aromatic rings. The van der Waals surface area contributed by atoms with Gasteiger partial charge < -0.3 is 14.8 Å². The molecule has 2 aromatic heterocycles. The molecular weight excluding hydrogens is 256 g/mol. The van der Waals surface area contributed by atoms with Gasteiger partial charge in [-0.05, 0) is 32.5 Å². The summed E-state index contributed by atoms with van der Waals surface area (Å²) in [6, 6.07) is 4.73. The zero-order valence-electron chi connectivity index (χ0n) is 11.8. The number of likely N-dealkylation sites (N-methyl/N-ethyl adjacent to an activating group) is 1. The van der Waals surface area contributed by atoms with E-state index in [1.165, 1.54) is 4.88 Å². The first-order chi connectivity index (χ1) is 9.22. The Bertz CT molecular complexity index is 475. The zero-order valence-corrected chi connectivity index (χ0v) is 12.7. The minimum Gasteiger partial charge on any atom is -0.334 e. The van der Waals surface area contributed by atoms with Crippen molar-refractivity contribution >= 4 is 11.3 Å². The van der Waals surface area contributed by atoms with Crippen molar-refractivity contribution in [1.82, 2.24) is 19.8 Å². The molecule has 0 saturated carbocycles. The SMILES string of the molecule is CCn1ccnc1CNCC(c1cccs1)N(C)C. The Kier molecular flexibility index (Phi) is 5.13. The van der Waals surface area contributed by atoms with E-state index in [4.69, 9.17) is 0 Å². The van der Waals surface area contributed by atoms with Gasteiger partial charge in [0.15, 0.2) is 0 Å². The maximum Gasteiger partial charge on any atom is 0.122 e. The summed E-state index contributed by atoms with van der Waals surface area (Å²) < 4.78 is 2.17. The normalized spacial score (nSPS) is 13.1. The van der Waals surface area contributed by atoms with Crippen LogP contribution in [0.25, 0.3) is 0 Å². The second kappa shape index (κ2) is 6.84. The number of nitrogens with one attached hydrogen (secondary N) is 1. The van der Waals surface area contributed by atoms with Crippen molar-refractivity contribution in [3.63, 3.8) is 0 Å². The van der Waals surface area contributed by atoms with Crippen LogP contribution in [0.4, 0.5) is 0 Å². The number of nitrogens with zero attached hydrogens (tertiary/aromatic N) is 3. The molecular formula is C14H22N4S. The maximum absolute atomic E-state index is 4.38. The summed E-state index contributed by atoms with van der Waals surface area (Å²) in [5, 5.41) is 5.65. The van der Waals surface area contributed by atoms with E-state index in [1.807, 2.05) is 23.7 Å². The third-order valence-corrected chi connectivity index (χ3v) is 4.23. The van der Waals surface area contributed by atoms with Crippen LogP contribution in [0, 0.1) is 0 Å². The Hall–Kier alpha value is -1.17. The lowest BCUT2D eigenvalue weighted by Crippen LogP contribution is -2.30. The van der Waals surface area contributed by atoms with Gasteiger partial charge in [0.05, 0.1) is 12.6 Å². The number of rotatable bonds is 7. The van der Waals surface area contributed by atoms with Crippen molar-refractivity contribution in [3.05, 3.63) is 40.6 Å². The first kappa shape index (κ1) is 14.2. The fraction of sp³-hybridized carbons (Fsp3) is 0.500. The number of aryl methyl sites for hydroxylation is 1. The summed E-state index contributed by atoms with van der Waals surface area (Å²) in [4.78, 5) is 8.04. The second-order valence-electron chi connectivity index (χ2n) is 4.76. The first-order valence-electron chi connectivity index (χ1n) is 6.63. The van der Waals surface area contributed by atoms with Crippen LogP contribution in [0.3, 0.4) is 0 Å². The highest BCUT2D eigenvalue weighted by Crippen LogP contribution is 2.22. The van der Waals surface area contributed by atoms with Crippen LogP contribution < -0.4 is 5.32 Å². The molecule has 5 heteroatoms. The minimum atomic E-state index is 0.421. The summed E-state index contributed by atoms with van der Waals surface area (Å²) in [6.45, 7) is 4.86. The van der Waals surface area contributed by atoms with Crippen molar-refractivity contribution in [2.24, 2.45) is 0 Å². The minimum absolute atomic E-state index is 0.421. The standard InChI is InChI=1S/C14H22N4S/c1-4-18-8-7-16-14(18)11-15-10-12(17(2)3)13-6-5-9-19-13/h5-9,12,15H,4,10-11H2,1-3H3. The Morgan fingerprint density at radius 2 is 2.32 bits per heavy atom. The predicted molar refractivity (Wildman–Crippen MR) is 80.4 cm³/mol. The van der Waals surface area contributed by atoms with Gasteiger partial charge in [0, 0.05) is 30.4 Å². The summed E-state index contributed by atoms with van der Waals surface area (Å²) in [5.41, 5.74) is 0. The van der Waals surface area contributed by atoms with Gasteiger partial charge in [0.1, 0.15) is 5.82 Å². The molecule has 0 bridgehead atoms. The molecule has 0 radical (unpaired) electrons. The van der Waals surface area contributed by atoms with Crippen LogP contribution in [0.2, 0.25) is 0 Å². The lowest BCUT2D eigenvalue weighted by atomic mass is 10.2. The zero-order chi connectivity index (χ0) is 13.7. The van der Waals surface area contributed by atoms with E-state index >= 15 is 0 Å². The topological polar surface area (TPSA) is 33.1 Å². The summed E-state index contributed by atoms with van der Waals surface area (Å²) in [7, 11) is 4.25. The second-order valence-corrected chi connectivity index (χ2v) is 5.73. The molecule has 0 amide bonds. The summed E-state index contributed by atoms with van der Waals surface area (Å²) in [6.07, 6.45) is 3.89. The summed E-state index contributed by atoms with van der Waals surface area (Å²) in [5.74, 6) is 1.10. The van der Waals surface area contributed by atoms with Crippen LogP contribution in [0.5, 0.6) is 0 Å². The highest BCUT2D eigenvalue weighted by Gasteiger charge is 2.14. The van der Waals surface area contributed by atoms with Gasteiger partial charge in [-0.25, -0.2) is 4.98 Å². The highest BCUT2D eigenvalue weighted by molar-refractivity contribution is 7.10. The quantitative estimate of drug-likeness (QED) is 0.844. The predicted octanol–water partition coefficient (Wildman–Crippen LogP) is 2.36. The molecule has 2 heterocycles. The van der Waals surface area contributed by atoms with Gasteiger partial charge >= 0.3 is 0 Å². The van der Waals surface area contributed by atoms with Crippen molar-refractivity contribution in [1.29, 1.82) is 0 Å². The van der Waals surface area contributed by atoms with E-state index in [0.717, 1.165) is 25.5 Å². The number of thiophene rings is 1. The lowest BCUT2D eigenvalue weighted by molar-refractivity contribution is 0.291. The Morgan fingerprint density at radius 3 is 2.95 bits per heavy atom. The van der Waals surface area contributed by atoms with Gasteiger partial charge in [-0.1, -0.05) is 6.07 Å². The smallest absolute Gasteiger partial charge is 0.122 e. The van der Waals surface area contributed by atoms with E-state index in [2.05, 4.69) is 58.3 Å². The third-order valence-electron chi connectivity index (χ3n) is 3.26. The summed E-state index contributed by atoms with van der Waals surface area (Å²) >= 11 is 1.81. The van der Waals surface area contributed by atoms with Gasteiger partial charge in [-0.15, -0.1) is 11.3 Å². The lowest BCUT2D eigenvalue weighted by Gasteiger charge is -2.23. The average Bonchev–Trinajstić information content (AvgIpc) is 3.05. The Balaban J connectivity index is 1.90. The van der Waals surface area contributed by atoms with Gasteiger partial charge in [0.25, 0.3) is 0 Å². The largest absolute Gasteiger partial charge is 0.334 e. The van der Waals surface area contributed by atoms with Crippen LogP contribution in [-0.4, -0.2) is 35.1 Å². The molecule has 2 rings (SSSR count). The van der Waals surface area contributed by atoms with Crippen molar-refractivity contribution in [2.45, 2.75) is 26.1 Å². The van der Waals surface area contributed by atoms with Crippen LogP contribution in [-0.2, 0) is 13.1 Å². The maximum atomic E-state index is 4.38. The molecule has 104 valence electrons. The van der Waals surface area contributed by atoms with E-state index < -0.39 is 0 Å². The molecule has 1 atom stereocenters. The molecule has 1 N–H and O–H groups in total. The molecule has 0 saturated heterocycles. The van der Waals surface area contributed by atoms with Crippen molar-refractivity contribution in [3.8, 4) is 0 Å². The van der Waals surface area contributed by atoms with E-state index in [1.54, 1.807) is 0 Å². The molecule has 0 aliphatic rings. The Morgan fingerprint density at radius 1 is 1.47 bits per heavy atom. The van der Waals surface area contributed by atoms with Crippen LogP contribution in [0.15, 0.2) is 29.9 Å². The average molecular weight is 278 g/mol. The molecule has 19 heavy (non-hydrogen) atoms.